The van der Waals surface area contributed by atoms with Crippen molar-refractivity contribution in [2.45, 2.75) is 20.8 Å². The number of methoxy groups -OCH3 is 1. The minimum Gasteiger partial charge on any atom is -0.497 e. The van der Waals surface area contributed by atoms with Crippen molar-refractivity contribution < 1.29 is 28.6 Å². The van der Waals surface area contributed by atoms with Crippen molar-refractivity contribution in [1.82, 2.24) is 4.57 Å². The van der Waals surface area contributed by atoms with Crippen LogP contribution in [0, 0.1) is 13.8 Å². The summed E-state index contributed by atoms with van der Waals surface area (Å²) in [5, 5.41) is 0. The highest BCUT2D eigenvalue weighted by Crippen LogP contribution is 2.23. The zero-order chi connectivity index (χ0) is 20.7. The van der Waals surface area contributed by atoms with Crippen LogP contribution in [0.5, 0.6) is 5.75 Å². The normalized spacial score (nSPS) is 10.7. The van der Waals surface area contributed by atoms with Crippen molar-refractivity contribution in [2.24, 2.45) is 0 Å². The molecule has 7 nitrogen and oxygen atoms in total. The number of rotatable bonds is 8. The standard InChI is InChI=1S/C21H23NO6/c1-5-27-20(24)10-11-21(25)28-13-19(23)18-12-14(2)22(15(18)3)16-6-8-17(26-4)9-7-16/h6-12H,5,13H2,1-4H3. The van der Waals surface area contributed by atoms with E-state index in [4.69, 9.17) is 9.47 Å². The largest absolute Gasteiger partial charge is 0.497 e. The van der Waals surface area contributed by atoms with E-state index in [-0.39, 0.29) is 12.4 Å². The number of carbonyl (C=O) groups is 3. The molecule has 0 radical (unpaired) electrons. The van der Waals surface area contributed by atoms with Gasteiger partial charge in [-0.2, -0.15) is 0 Å². The number of aromatic nitrogens is 1. The highest BCUT2D eigenvalue weighted by atomic mass is 16.5. The molecule has 0 unspecified atom stereocenters. The van der Waals surface area contributed by atoms with Crippen molar-refractivity contribution in [1.29, 1.82) is 0 Å². The number of esters is 2. The van der Waals surface area contributed by atoms with Crippen LogP contribution >= 0.6 is 0 Å². The Hall–Kier alpha value is -3.35. The molecule has 0 bridgehead atoms. The SMILES string of the molecule is CCOC(=O)C=CC(=O)OCC(=O)c1cc(C)n(-c2ccc(OC)cc2)c1C. The number of Topliss-reactive ketones (excluding diaryl/α,β-unsaturated/α-hetero) is 1. The monoisotopic (exact) mass is 385 g/mol. The van der Waals surface area contributed by atoms with Crippen molar-refractivity contribution in [3.05, 3.63) is 59.4 Å². The highest BCUT2D eigenvalue weighted by molar-refractivity contribution is 6.00. The Labute approximate surface area is 163 Å². The number of ether oxygens (including phenoxy) is 3. The van der Waals surface area contributed by atoms with Gasteiger partial charge >= 0.3 is 11.9 Å². The summed E-state index contributed by atoms with van der Waals surface area (Å²) in [5.41, 5.74) is 2.98. The van der Waals surface area contributed by atoms with Crippen LogP contribution in [-0.2, 0) is 19.1 Å². The molecule has 0 aliphatic heterocycles. The van der Waals surface area contributed by atoms with Gasteiger partial charge < -0.3 is 18.8 Å². The molecule has 0 spiro atoms. The maximum atomic E-state index is 12.5. The van der Waals surface area contributed by atoms with E-state index in [2.05, 4.69) is 4.74 Å². The third-order valence-electron chi connectivity index (χ3n) is 4.05. The fourth-order valence-electron chi connectivity index (χ4n) is 2.76. The number of hydrogen-bond donors (Lipinski definition) is 0. The summed E-state index contributed by atoms with van der Waals surface area (Å²) in [7, 11) is 1.60. The van der Waals surface area contributed by atoms with Crippen molar-refractivity contribution in [3.63, 3.8) is 0 Å². The molecule has 0 saturated heterocycles. The fraction of sp³-hybridized carbons (Fsp3) is 0.286. The summed E-state index contributed by atoms with van der Waals surface area (Å²) in [6, 6.07) is 9.23. The number of ketones is 1. The second kappa shape index (κ2) is 9.55. The van der Waals surface area contributed by atoms with E-state index in [1.54, 1.807) is 20.1 Å². The summed E-state index contributed by atoms with van der Waals surface area (Å²) in [5.74, 6) is -1.02. The van der Waals surface area contributed by atoms with E-state index < -0.39 is 18.5 Å². The lowest BCUT2D eigenvalue weighted by Crippen LogP contribution is -2.14. The average molecular weight is 385 g/mol. The van der Waals surface area contributed by atoms with Gasteiger partial charge in [-0.15, -0.1) is 0 Å². The number of nitrogens with zero attached hydrogens (tertiary/aromatic N) is 1. The van der Waals surface area contributed by atoms with Crippen LogP contribution in [-0.4, -0.2) is 42.6 Å². The van der Waals surface area contributed by atoms with Gasteiger partial charge in [-0.3, -0.25) is 4.79 Å². The summed E-state index contributed by atoms with van der Waals surface area (Å²) in [4.78, 5) is 35.3. The van der Waals surface area contributed by atoms with Gasteiger partial charge in [0.25, 0.3) is 0 Å². The average Bonchev–Trinajstić information content (AvgIpc) is 2.99. The minimum atomic E-state index is -0.787. The molecule has 7 heteroatoms. The number of hydrogen-bond acceptors (Lipinski definition) is 6. The molecule has 0 atom stereocenters. The summed E-state index contributed by atoms with van der Waals surface area (Å²) in [6.07, 6.45) is 1.90. The predicted octanol–water partition coefficient (Wildman–Crippen LogP) is 2.95. The fourth-order valence-corrected chi connectivity index (χ4v) is 2.76. The first-order valence-corrected chi connectivity index (χ1v) is 8.75. The Balaban J connectivity index is 2.08. The van der Waals surface area contributed by atoms with Crippen LogP contribution in [0.3, 0.4) is 0 Å². The number of carbonyl (C=O) groups excluding carboxylic acids is 3. The van der Waals surface area contributed by atoms with Gasteiger partial charge in [0.1, 0.15) is 5.75 Å². The van der Waals surface area contributed by atoms with Gasteiger partial charge in [0.2, 0.25) is 5.78 Å². The maximum absolute atomic E-state index is 12.5. The number of aryl methyl sites for hydroxylation is 1. The summed E-state index contributed by atoms with van der Waals surface area (Å²) < 4.78 is 16.7. The quantitative estimate of drug-likeness (QED) is 0.395. The van der Waals surface area contributed by atoms with E-state index in [1.165, 1.54) is 0 Å². The lowest BCUT2D eigenvalue weighted by molar-refractivity contribution is -0.139. The van der Waals surface area contributed by atoms with Crippen molar-refractivity contribution in [2.75, 3.05) is 20.3 Å². The Morgan fingerprint density at radius 1 is 1.00 bits per heavy atom. The first kappa shape index (κ1) is 21.0. The molecule has 0 fully saturated rings. The van der Waals surface area contributed by atoms with Crippen LogP contribution in [0.1, 0.15) is 28.7 Å². The van der Waals surface area contributed by atoms with Crippen LogP contribution in [0.2, 0.25) is 0 Å². The molecule has 0 aliphatic rings. The molecule has 2 rings (SSSR count). The molecular weight excluding hydrogens is 362 g/mol. The Bertz CT molecular complexity index is 892. The zero-order valence-corrected chi connectivity index (χ0v) is 16.4. The second-order valence-corrected chi connectivity index (χ2v) is 5.93. The molecule has 2 aromatic rings. The molecule has 1 heterocycles. The third kappa shape index (κ3) is 5.09. The van der Waals surface area contributed by atoms with Crippen molar-refractivity contribution in [3.8, 4) is 11.4 Å². The molecule has 0 amide bonds. The van der Waals surface area contributed by atoms with E-state index >= 15 is 0 Å². The molecular formula is C21H23NO6. The Kier molecular flexibility index (Phi) is 7.14. The Morgan fingerprint density at radius 2 is 1.61 bits per heavy atom. The second-order valence-electron chi connectivity index (χ2n) is 5.93. The van der Waals surface area contributed by atoms with Crippen LogP contribution in [0.25, 0.3) is 5.69 Å². The minimum absolute atomic E-state index is 0.209. The lowest BCUT2D eigenvalue weighted by atomic mass is 10.1. The van der Waals surface area contributed by atoms with Gasteiger partial charge in [-0.1, -0.05) is 0 Å². The molecule has 1 aromatic carbocycles. The Morgan fingerprint density at radius 3 is 2.18 bits per heavy atom. The van der Waals surface area contributed by atoms with Gasteiger partial charge in [0.05, 0.1) is 13.7 Å². The smallest absolute Gasteiger partial charge is 0.331 e. The van der Waals surface area contributed by atoms with E-state index in [0.29, 0.717) is 5.56 Å². The van der Waals surface area contributed by atoms with Gasteiger partial charge in [0, 0.05) is 34.8 Å². The predicted molar refractivity (Wildman–Crippen MR) is 103 cm³/mol. The topological polar surface area (TPSA) is 83.8 Å². The van der Waals surface area contributed by atoms with Gasteiger partial charge in [-0.25, -0.2) is 9.59 Å². The summed E-state index contributed by atoms with van der Waals surface area (Å²) in [6.45, 7) is 5.17. The maximum Gasteiger partial charge on any atom is 0.331 e. The summed E-state index contributed by atoms with van der Waals surface area (Å²) >= 11 is 0. The van der Waals surface area contributed by atoms with E-state index in [9.17, 15) is 14.4 Å². The lowest BCUT2D eigenvalue weighted by Gasteiger charge is -2.10. The molecule has 0 aliphatic carbocycles. The third-order valence-corrected chi connectivity index (χ3v) is 4.05. The van der Waals surface area contributed by atoms with Crippen LogP contribution in [0.4, 0.5) is 0 Å². The molecule has 28 heavy (non-hydrogen) atoms. The molecule has 148 valence electrons. The number of benzene rings is 1. The van der Waals surface area contributed by atoms with Crippen molar-refractivity contribution >= 4 is 17.7 Å². The highest BCUT2D eigenvalue weighted by Gasteiger charge is 2.18. The van der Waals surface area contributed by atoms with Crippen LogP contribution in [0.15, 0.2) is 42.5 Å². The van der Waals surface area contributed by atoms with Crippen LogP contribution < -0.4 is 4.74 Å². The molecule has 0 N–H and O–H groups in total. The van der Waals surface area contributed by atoms with Gasteiger partial charge in [-0.05, 0) is 51.1 Å². The first-order chi connectivity index (χ1) is 13.4. The van der Waals surface area contributed by atoms with E-state index in [1.807, 2.05) is 42.7 Å². The molecule has 0 saturated carbocycles. The van der Waals surface area contributed by atoms with Gasteiger partial charge in [0.15, 0.2) is 6.61 Å². The first-order valence-electron chi connectivity index (χ1n) is 8.75. The van der Waals surface area contributed by atoms with E-state index in [0.717, 1.165) is 35.0 Å². The zero-order valence-electron chi connectivity index (χ0n) is 16.4. The molecule has 1 aromatic heterocycles.